The molecule has 1 spiro atoms. The number of ether oxygens (including phenoxy) is 1. The molecule has 1 saturated carbocycles. The number of likely N-dealkylation sites (N-methyl/N-ethyl adjacent to an activating group) is 1. The lowest BCUT2D eigenvalue weighted by molar-refractivity contribution is -0.103. The Morgan fingerprint density at radius 2 is 2.14 bits per heavy atom. The first-order valence-electron chi connectivity index (χ1n) is 8.31. The van der Waals surface area contributed by atoms with Gasteiger partial charge in [0.25, 0.3) is 0 Å². The second-order valence-electron chi connectivity index (χ2n) is 7.52. The Labute approximate surface area is 142 Å². The highest BCUT2D eigenvalue weighted by Gasteiger charge is 2.57. The Morgan fingerprint density at radius 3 is 2.82 bits per heavy atom. The third kappa shape index (κ3) is 2.27. The Hall–Kier alpha value is -0.130. The van der Waals surface area contributed by atoms with Gasteiger partial charge in [-0.25, -0.2) is 0 Å². The third-order valence-corrected chi connectivity index (χ3v) is 7.39. The van der Waals surface area contributed by atoms with Crippen molar-refractivity contribution in [2.75, 3.05) is 20.7 Å². The van der Waals surface area contributed by atoms with Gasteiger partial charge in [0.05, 0.1) is 10.9 Å². The fourth-order valence-corrected chi connectivity index (χ4v) is 6.10. The number of hydrogen-bond donors (Lipinski definition) is 1. The standard InChI is InChI=1S/C17H25ClN2OS/c1-11-9-17(10-13(19-11)16(5-6-16)20(2)3)15-12(4-7-21-17)8-14(18)22-15/h8,11,13,19H,4-7,9-10H2,1-3H3/t11-,13-,17-/m0/s1. The summed E-state index contributed by atoms with van der Waals surface area (Å²) in [4.78, 5) is 3.82. The van der Waals surface area contributed by atoms with Gasteiger partial charge in [0.2, 0.25) is 0 Å². The number of rotatable bonds is 2. The van der Waals surface area contributed by atoms with Crippen molar-refractivity contribution >= 4 is 22.9 Å². The Kier molecular flexibility index (Phi) is 3.63. The van der Waals surface area contributed by atoms with Gasteiger partial charge in [-0.05, 0) is 64.8 Å². The van der Waals surface area contributed by atoms with E-state index in [9.17, 15) is 0 Å². The molecule has 3 aliphatic rings. The molecular formula is C17H25ClN2OS. The molecule has 0 aromatic carbocycles. The molecule has 0 bridgehead atoms. The zero-order valence-corrected chi connectivity index (χ0v) is 15.2. The lowest BCUT2D eigenvalue weighted by Gasteiger charge is -2.49. The van der Waals surface area contributed by atoms with Crippen molar-refractivity contribution in [3.05, 3.63) is 20.8 Å². The molecule has 3 nitrogen and oxygen atoms in total. The van der Waals surface area contributed by atoms with Gasteiger partial charge in [-0.15, -0.1) is 11.3 Å². The molecule has 1 N–H and O–H groups in total. The number of fused-ring (bicyclic) bond motifs is 2. The normalized spacial score (nSPS) is 36.6. The summed E-state index contributed by atoms with van der Waals surface area (Å²) in [6.45, 7) is 3.13. The Morgan fingerprint density at radius 1 is 1.36 bits per heavy atom. The van der Waals surface area contributed by atoms with Crippen LogP contribution in [-0.4, -0.2) is 43.2 Å². The fraction of sp³-hybridized carbons (Fsp3) is 0.765. The monoisotopic (exact) mass is 340 g/mol. The number of nitrogens with zero attached hydrogens (tertiary/aromatic N) is 1. The topological polar surface area (TPSA) is 24.5 Å². The average molecular weight is 341 g/mol. The molecule has 122 valence electrons. The van der Waals surface area contributed by atoms with Crippen LogP contribution in [0.25, 0.3) is 0 Å². The van der Waals surface area contributed by atoms with Crippen molar-refractivity contribution in [1.29, 1.82) is 0 Å². The predicted octanol–water partition coefficient (Wildman–Crippen LogP) is 3.40. The molecule has 1 aliphatic carbocycles. The Bertz CT molecular complexity index is 583. The van der Waals surface area contributed by atoms with Gasteiger partial charge in [0.15, 0.2) is 0 Å². The van der Waals surface area contributed by atoms with Crippen LogP contribution >= 0.6 is 22.9 Å². The summed E-state index contributed by atoms with van der Waals surface area (Å²) in [5.41, 5.74) is 1.62. The van der Waals surface area contributed by atoms with E-state index >= 15 is 0 Å². The molecule has 2 fully saturated rings. The first kappa shape index (κ1) is 15.4. The minimum Gasteiger partial charge on any atom is -0.369 e. The van der Waals surface area contributed by atoms with E-state index in [1.54, 1.807) is 11.3 Å². The molecule has 3 heterocycles. The maximum atomic E-state index is 6.44. The molecule has 5 heteroatoms. The molecule has 3 atom stereocenters. The number of piperidine rings is 1. The Balaban J connectivity index is 1.70. The van der Waals surface area contributed by atoms with Crippen LogP contribution in [0.4, 0.5) is 0 Å². The molecule has 0 unspecified atom stereocenters. The molecule has 1 aromatic rings. The van der Waals surface area contributed by atoms with Crippen LogP contribution in [0.1, 0.15) is 43.0 Å². The van der Waals surface area contributed by atoms with E-state index in [1.165, 1.54) is 23.3 Å². The zero-order chi connectivity index (χ0) is 15.5. The molecule has 2 aliphatic heterocycles. The lowest BCUT2D eigenvalue weighted by Crippen LogP contribution is -2.60. The second kappa shape index (κ2) is 5.18. The van der Waals surface area contributed by atoms with E-state index in [0.717, 1.165) is 30.2 Å². The zero-order valence-electron chi connectivity index (χ0n) is 13.6. The highest BCUT2D eigenvalue weighted by molar-refractivity contribution is 7.16. The number of hydrogen-bond acceptors (Lipinski definition) is 4. The maximum absolute atomic E-state index is 6.44. The van der Waals surface area contributed by atoms with Gasteiger partial charge in [-0.3, -0.25) is 0 Å². The highest BCUT2D eigenvalue weighted by atomic mass is 35.5. The number of halogens is 1. The minimum absolute atomic E-state index is 0.119. The first-order chi connectivity index (χ1) is 10.5. The van der Waals surface area contributed by atoms with Crippen molar-refractivity contribution in [2.24, 2.45) is 0 Å². The summed E-state index contributed by atoms with van der Waals surface area (Å²) >= 11 is 8.06. The lowest BCUT2D eigenvalue weighted by atomic mass is 9.77. The van der Waals surface area contributed by atoms with Crippen molar-refractivity contribution in [1.82, 2.24) is 10.2 Å². The summed E-state index contributed by atoms with van der Waals surface area (Å²) in [7, 11) is 4.44. The number of thiophene rings is 1. The van der Waals surface area contributed by atoms with Crippen molar-refractivity contribution in [3.63, 3.8) is 0 Å². The smallest absolute Gasteiger partial charge is 0.106 e. The van der Waals surface area contributed by atoms with Gasteiger partial charge in [-0.1, -0.05) is 11.6 Å². The van der Waals surface area contributed by atoms with E-state index in [4.69, 9.17) is 16.3 Å². The van der Waals surface area contributed by atoms with E-state index in [1.807, 2.05) is 0 Å². The summed E-state index contributed by atoms with van der Waals surface area (Å²) in [6, 6.07) is 3.13. The van der Waals surface area contributed by atoms with Crippen LogP contribution in [-0.2, 0) is 16.8 Å². The van der Waals surface area contributed by atoms with Crippen LogP contribution < -0.4 is 5.32 Å². The summed E-state index contributed by atoms with van der Waals surface area (Å²) in [6.07, 6.45) is 5.71. The molecule has 0 amide bonds. The van der Waals surface area contributed by atoms with Crippen LogP contribution in [0, 0.1) is 0 Å². The fourth-order valence-electron chi connectivity index (χ4n) is 4.64. The van der Waals surface area contributed by atoms with Crippen molar-refractivity contribution in [3.8, 4) is 0 Å². The quantitative estimate of drug-likeness (QED) is 0.893. The summed E-state index contributed by atoms with van der Waals surface area (Å²) in [5.74, 6) is 0. The van der Waals surface area contributed by atoms with Crippen LogP contribution in [0.3, 0.4) is 0 Å². The summed E-state index contributed by atoms with van der Waals surface area (Å²) in [5, 5.41) is 3.86. The largest absolute Gasteiger partial charge is 0.369 e. The SMILES string of the molecule is C[C@H]1C[C@@]2(C[C@@H](C3(N(C)C)CC3)N1)OCCc1cc(Cl)sc12. The molecule has 4 rings (SSSR count). The first-order valence-corrected chi connectivity index (χ1v) is 9.51. The van der Waals surface area contributed by atoms with Gasteiger partial charge < -0.3 is 15.0 Å². The average Bonchev–Trinajstić information content (AvgIpc) is 3.16. The molecular weight excluding hydrogens is 316 g/mol. The van der Waals surface area contributed by atoms with Gasteiger partial charge in [-0.2, -0.15) is 0 Å². The van der Waals surface area contributed by atoms with Crippen molar-refractivity contribution < 1.29 is 4.74 Å². The van der Waals surface area contributed by atoms with Crippen LogP contribution in [0.15, 0.2) is 6.07 Å². The highest BCUT2D eigenvalue weighted by Crippen LogP contribution is 2.53. The predicted molar refractivity (Wildman–Crippen MR) is 91.9 cm³/mol. The molecule has 0 radical (unpaired) electrons. The van der Waals surface area contributed by atoms with Gasteiger partial charge in [0, 0.05) is 22.5 Å². The van der Waals surface area contributed by atoms with Gasteiger partial charge in [0.1, 0.15) is 5.60 Å². The van der Waals surface area contributed by atoms with E-state index < -0.39 is 0 Å². The number of nitrogens with one attached hydrogen (secondary N) is 1. The minimum atomic E-state index is -0.119. The van der Waals surface area contributed by atoms with Gasteiger partial charge >= 0.3 is 0 Å². The molecule has 22 heavy (non-hydrogen) atoms. The molecule has 1 aromatic heterocycles. The molecule has 1 saturated heterocycles. The van der Waals surface area contributed by atoms with Crippen LogP contribution in [0.2, 0.25) is 4.34 Å². The maximum Gasteiger partial charge on any atom is 0.106 e. The second-order valence-corrected chi connectivity index (χ2v) is 9.21. The van der Waals surface area contributed by atoms with Crippen molar-refractivity contribution in [2.45, 2.75) is 62.3 Å². The van der Waals surface area contributed by atoms with E-state index in [-0.39, 0.29) is 5.60 Å². The van der Waals surface area contributed by atoms with Crippen LogP contribution in [0.5, 0.6) is 0 Å². The van der Waals surface area contributed by atoms with E-state index in [2.05, 4.69) is 37.3 Å². The van der Waals surface area contributed by atoms with E-state index in [0.29, 0.717) is 17.6 Å². The third-order valence-electron chi connectivity index (χ3n) is 5.90. The summed E-state index contributed by atoms with van der Waals surface area (Å²) < 4.78 is 7.35.